The van der Waals surface area contributed by atoms with E-state index in [0.29, 0.717) is 25.7 Å². The number of carbonyl (C=O) groups is 2. The molecule has 0 aromatic rings. The van der Waals surface area contributed by atoms with Crippen LogP contribution in [0.15, 0.2) is 0 Å². The van der Waals surface area contributed by atoms with Crippen molar-refractivity contribution in [1.29, 1.82) is 0 Å². The second kappa shape index (κ2) is 24.7. The van der Waals surface area contributed by atoms with Crippen LogP contribution in [0.25, 0.3) is 0 Å². The summed E-state index contributed by atoms with van der Waals surface area (Å²) < 4.78 is 11.0. The first-order valence-electron chi connectivity index (χ1n) is 16.4. The van der Waals surface area contributed by atoms with Crippen molar-refractivity contribution in [3.05, 3.63) is 0 Å². The van der Waals surface area contributed by atoms with Crippen molar-refractivity contribution in [2.75, 3.05) is 45.9 Å². The van der Waals surface area contributed by atoms with Gasteiger partial charge in [-0.3, -0.25) is 9.69 Å². The van der Waals surface area contributed by atoms with Gasteiger partial charge in [-0.25, -0.2) is 4.79 Å². The number of piperidine rings is 1. The lowest BCUT2D eigenvalue weighted by Gasteiger charge is -2.31. The van der Waals surface area contributed by atoms with E-state index >= 15 is 0 Å². The molecule has 0 aromatic carbocycles. The Hall–Kier alpha value is -1.30. The van der Waals surface area contributed by atoms with Gasteiger partial charge in [0.2, 0.25) is 0 Å². The molecule has 0 unspecified atom stereocenters. The molecule has 1 aliphatic rings. The summed E-state index contributed by atoms with van der Waals surface area (Å²) in [4.78, 5) is 28.9. The molecule has 0 saturated carbocycles. The topological polar surface area (TPSA) is 59.1 Å². The van der Waals surface area contributed by atoms with Crippen molar-refractivity contribution in [1.82, 2.24) is 9.80 Å². The van der Waals surface area contributed by atoms with Crippen LogP contribution in [0, 0.1) is 5.92 Å². The molecule has 0 aliphatic carbocycles. The summed E-state index contributed by atoms with van der Waals surface area (Å²) in [5.41, 5.74) is 0. The predicted octanol–water partition coefficient (Wildman–Crippen LogP) is 8.37. The summed E-state index contributed by atoms with van der Waals surface area (Å²) in [6.07, 6.45) is 22.8. The Bertz CT molecular complexity index is 546. The first kappa shape index (κ1) is 34.7. The van der Waals surface area contributed by atoms with E-state index in [0.717, 1.165) is 58.3 Å². The van der Waals surface area contributed by atoms with Gasteiger partial charge in [-0.1, -0.05) is 104 Å². The lowest BCUT2D eigenvalue weighted by atomic mass is 9.94. The zero-order valence-corrected chi connectivity index (χ0v) is 25.5. The van der Waals surface area contributed by atoms with Gasteiger partial charge in [0.05, 0.1) is 19.8 Å². The van der Waals surface area contributed by atoms with Crippen LogP contribution >= 0.6 is 0 Å². The molecule has 0 bridgehead atoms. The highest BCUT2D eigenvalue weighted by Crippen LogP contribution is 2.21. The van der Waals surface area contributed by atoms with E-state index in [1.165, 1.54) is 89.9 Å². The zero-order valence-electron chi connectivity index (χ0n) is 25.5. The SMILES string of the molecule is CCCCCCCCCN(CCCCCCCCC)CC(=O)OCCC1CCN(C(=O)OCCCC)CC1. The second-order valence-electron chi connectivity index (χ2n) is 11.4. The third kappa shape index (κ3) is 18.9. The summed E-state index contributed by atoms with van der Waals surface area (Å²) in [5, 5.41) is 0. The van der Waals surface area contributed by atoms with Crippen LogP contribution in [0.2, 0.25) is 0 Å². The summed E-state index contributed by atoms with van der Waals surface area (Å²) >= 11 is 0. The van der Waals surface area contributed by atoms with Crippen LogP contribution in [0.5, 0.6) is 0 Å². The number of esters is 1. The van der Waals surface area contributed by atoms with Crippen LogP contribution in [0.1, 0.15) is 143 Å². The molecule has 6 heteroatoms. The van der Waals surface area contributed by atoms with Gasteiger partial charge in [0.15, 0.2) is 0 Å². The highest BCUT2D eigenvalue weighted by Gasteiger charge is 2.24. The number of carbonyl (C=O) groups excluding carboxylic acids is 2. The molecule has 1 rings (SSSR count). The Labute approximate surface area is 235 Å². The third-order valence-electron chi connectivity index (χ3n) is 7.89. The maximum absolute atomic E-state index is 12.6. The van der Waals surface area contributed by atoms with E-state index in [1.54, 1.807) is 0 Å². The van der Waals surface area contributed by atoms with Crippen LogP contribution in [0.4, 0.5) is 4.79 Å². The molecule has 0 N–H and O–H groups in total. The van der Waals surface area contributed by atoms with E-state index in [1.807, 2.05) is 4.90 Å². The first-order valence-corrected chi connectivity index (χ1v) is 16.4. The monoisotopic (exact) mass is 538 g/mol. The van der Waals surface area contributed by atoms with E-state index in [4.69, 9.17) is 9.47 Å². The molecule has 1 amide bonds. The van der Waals surface area contributed by atoms with Crippen LogP contribution < -0.4 is 0 Å². The fraction of sp³-hybridized carbons (Fsp3) is 0.938. The average Bonchev–Trinajstić information content (AvgIpc) is 2.92. The Balaban J connectivity index is 2.26. The molecule has 0 radical (unpaired) electrons. The molecule has 0 aromatic heterocycles. The number of hydrogen-bond acceptors (Lipinski definition) is 5. The molecule has 0 spiro atoms. The molecule has 0 atom stereocenters. The number of ether oxygens (including phenoxy) is 2. The molecule has 1 aliphatic heterocycles. The Kier molecular flexibility index (Phi) is 22.6. The van der Waals surface area contributed by atoms with Crippen molar-refractivity contribution in [3.8, 4) is 0 Å². The van der Waals surface area contributed by atoms with Crippen molar-refractivity contribution >= 4 is 12.1 Å². The minimum absolute atomic E-state index is 0.0761. The van der Waals surface area contributed by atoms with Gasteiger partial charge in [0, 0.05) is 13.1 Å². The largest absolute Gasteiger partial charge is 0.465 e. The molecule has 224 valence electrons. The normalized spacial score (nSPS) is 14.3. The van der Waals surface area contributed by atoms with Gasteiger partial charge in [0.1, 0.15) is 0 Å². The number of rotatable bonds is 24. The van der Waals surface area contributed by atoms with Crippen molar-refractivity contribution in [2.24, 2.45) is 5.92 Å². The smallest absolute Gasteiger partial charge is 0.409 e. The van der Waals surface area contributed by atoms with Gasteiger partial charge < -0.3 is 14.4 Å². The van der Waals surface area contributed by atoms with E-state index in [2.05, 4.69) is 25.7 Å². The Morgan fingerprint density at radius 2 is 1.16 bits per heavy atom. The minimum atomic E-state index is -0.176. The fourth-order valence-electron chi connectivity index (χ4n) is 5.22. The second-order valence-corrected chi connectivity index (χ2v) is 11.4. The van der Waals surface area contributed by atoms with Crippen LogP contribution in [0.3, 0.4) is 0 Å². The summed E-state index contributed by atoms with van der Waals surface area (Å²) in [6, 6.07) is 0. The van der Waals surface area contributed by atoms with E-state index in [-0.39, 0.29) is 12.1 Å². The van der Waals surface area contributed by atoms with Crippen molar-refractivity contribution < 1.29 is 19.1 Å². The van der Waals surface area contributed by atoms with Gasteiger partial charge in [-0.15, -0.1) is 0 Å². The summed E-state index contributed by atoms with van der Waals surface area (Å²) in [7, 11) is 0. The van der Waals surface area contributed by atoms with E-state index in [9.17, 15) is 9.59 Å². The molecule has 38 heavy (non-hydrogen) atoms. The van der Waals surface area contributed by atoms with Crippen LogP contribution in [-0.2, 0) is 14.3 Å². The average molecular weight is 539 g/mol. The van der Waals surface area contributed by atoms with Gasteiger partial charge in [0.25, 0.3) is 0 Å². The fourth-order valence-corrected chi connectivity index (χ4v) is 5.22. The lowest BCUT2D eigenvalue weighted by Crippen LogP contribution is -2.39. The number of likely N-dealkylation sites (tertiary alicyclic amines) is 1. The number of unbranched alkanes of at least 4 members (excludes halogenated alkanes) is 13. The lowest BCUT2D eigenvalue weighted by molar-refractivity contribution is -0.145. The molecule has 1 heterocycles. The molecular weight excluding hydrogens is 476 g/mol. The number of amides is 1. The molecular formula is C32H62N2O4. The van der Waals surface area contributed by atoms with Crippen molar-refractivity contribution in [3.63, 3.8) is 0 Å². The minimum Gasteiger partial charge on any atom is -0.465 e. The predicted molar refractivity (Wildman–Crippen MR) is 159 cm³/mol. The summed E-state index contributed by atoms with van der Waals surface area (Å²) in [6.45, 7) is 11.5. The molecule has 6 nitrogen and oxygen atoms in total. The quantitative estimate of drug-likeness (QED) is 0.0912. The standard InChI is InChI=1S/C32H62N2O4/c1-4-7-10-12-14-16-18-23-33(24-19-17-15-13-11-8-5-2)29-31(35)37-28-22-30-20-25-34(26-21-30)32(36)38-27-9-6-3/h30H,4-29H2,1-3H3. The Morgan fingerprint density at radius 1 is 0.658 bits per heavy atom. The third-order valence-corrected chi connectivity index (χ3v) is 7.89. The highest BCUT2D eigenvalue weighted by molar-refractivity contribution is 5.71. The zero-order chi connectivity index (χ0) is 27.7. The maximum Gasteiger partial charge on any atom is 0.409 e. The Morgan fingerprint density at radius 3 is 1.68 bits per heavy atom. The summed E-state index contributed by atoms with van der Waals surface area (Å²) in [5.74, 6) is 0.437. The van der Waals surface area contributed by atoms with Gasteiger partial charge >= 0.3 is 12.1 Å². The molecule has 1 saturated heterocycles. The van der Waals surface area contributed by atoms with Gasteiger partial charge in [-0.2, -0.15) is 0 Å². The first-order chi connectivity index (χ1) is 18.6. The van der Waals surface area contributed by atoms with Crippen LogP contribution in [-0.4, -0.2) is 67.8 Å². The maximum atomic E-state index is 12.6. The number of nitrogens with zero attached hydrogens (tertiary/aromatic N) is 2. The van der Waals surface area contributed by atoms with Gasteiger partial charge in [-0.05, 0) is 57.5 Å². The van der Waals surface area contributed by atoms with Crippen molar-refractivity contribution in [2.45, 2.75) is 143 Å². The highest BCUT2D eigenvalue weighted by atomic mass is 16.6. The van der Waals surface area contributed by atoms with E-state index < -0.39 is 0 Å². The number of hydrogen-bond donors (Lipinski definition) is 0. The molecule has 1 fully saturated rings.